The number of nitrogens with one attached hydrogen (secondary N) is 1. The van der Waals surface area contributed by atoms with E-state index in [-0.39, 0.29) is 11.9 Å². The molecule has 1 heterocycles. The summed E-state index contributed by atoms with van der Waals surface area (Å²) in [5.41, 5.74) is 3.56. The molecular formula is C21H24N2O3. The van der Waals surface area contributed by atoms with Gasteiger partial charge in [0.1, 0.15) is 0 Å². The number of methoxy groups -OCH3 is 1. The molecule has 1 aliphatic rings. The summed E-state index contributed by atoms with van der Waals surface area (Å²) in [7, 11) is 1.34. The quantitative estimate of drug-likeness (QED) is 0.807. The first-order valence-corrected chi connectivity index (χ1v) is 8.98. The Morgan fingerprint density at radius 2 is 1.65 bits per heavy atom. The minimum Gasteiger partial charge on any atom is -0.465 e. The van der Waals surface area contributed by atoms with E-state index in [1.807, 2.05) is 0 Å². The van der Waals surface area contributed by atoms with Crippen molar-refractivity contribution in [1.82, 2.24) is 0 Å². The minimum absolute atomic E-state index is 0.0422. The van der Waals surface area contributed by atoms with Crippen molar-refractivity contribution in [3.63, 3.8) is 0 Å². The summed E-state index contributed by atoms with van der Waals surface area (Å²) in [6.45, 7) is 2.27. The van der Waals surface area contributed by atoms with Crippen LogP contribution in [0.1, 0.15) is 35.2 Å². The van der Waals surface area contributed by atoms with Gasteiger partial charge in [0.15, 0.2) is 0 Å². The van der Waals surface area contributed by atoms with Crippen molar-refractivity contribution in [3.8, 4) is 0 Å². The molecule has 0 atom stereocenters. The third-order valence-corrected chi connectivity index (χ3v) is 4.64. The van der Waals surface area contributed by atoms with Gasteiger partial charge in [-0.15, -0.1) is 0 Å². The molecular weight excluding hydrogens is 328 g/mol. The Morgan fingerprint density at radius 3 is 2.27 bits per heavy atom. The molecule has 1 N–H and O–H groups in total. The van der Waals surface area contributed by atoms with Crippen LogP contribution in [-0.4, -0.2) is 32.1 Å². The SMILES string of the molecule is COC(=O)c1ccc(NC(=O)CCc2ccc(N3CCCC3)cc2)cc1. The normalized spacial score (nSPS) is 13.5. The van der Waals surface area contributed by atoms with E-state index < -0.39 is 0 Å². The van der Waals surface area contributed by atoms with Gasteiger partial charge in [-0.2, -0.15) is 0 Å². The maximum Gasteiger partial charge on any atom is 0.337 e. The Bertz CT molecular complexity index is 748. The van der Waals surface area contributed by atoms with Gasteiger partial charge in [0, 0.05) is 30.9 Å². The van der Waals surface area contributed by atoms with Crippen molar-refractivity contribution >= 4 is 23.3 Å². The van der Waals surface area contributed by atoms with Gasteiger partial charge in [0.25, 0.3) is 0 Å². The number of benzene rings is 2. The number of aryl methyl sites for hydroxylation is 1. The van der Waals surface area contributed by atoms with Crippen LogP contribution in [0.5, 0.6) is 0 Å². The van der Waals surface area contributed by atoms with E-state index in [1.54, 1.807) is 24.3 Å². The second kappa shape index (κ2) is 8.52. The first-order chi connectivity index (χ1) is 12.7. The van der Waals surface area contributed by atoms with E-state index in [0.29, 0.717) is 24.1 Å². The number of carbonyl (C=O) groups is 2. The number of hydrogen-bond acceptors (Lipinski definition) is 4. The average molecular weight is 352 g/mol. The first-order valence-electron chi connectivity index (χ1n) is 8.98. The molecule has 1 amide bonds. The van der Waals surface area contributed by atoms with Gasteiger partial charge in [0.2, 0.25) is 5.91 Å². The highest BCUT2D eigenvalue weighted by Crippen LogP contribution is 2.21. The van der Waals surface area contributed by atoms with Crippen LogP contribution >= 0.6 is 0 Å². The maximum absolute atomic E-state index is 12.1. The number of carbonyl (C=O) groups excluding carboxylic acids is 2. The Labute approximate surface area is 154 Å². The van der Waals surface area contributed by atoms with Crippen LogP contribution < -0.4 is 10.2 Å². The topological polar surface area (TPSA) is 58.6 Å². The molecule has 0 spiro atoms. The molecule has 0 bridgehead atoms. The third-order valence-electron chi connectivity index (χ3n) is 4.64. The van der Waals surface area contributed by atoms with Crippen molar-refractivity contribution in [2.75, 3.05) is 30.4 Å². The summed E-state index contributed by atoms with van der Waals surface area (Å²) in [6.07, 6.45) is 3.65. The van der Waals surface area contributed by atoms with Crippen molar-refractivity contribution < 1.29 is 14.3 Å². The lowest BCUT2D eigenvalue weighted by Gasteiger charge is -2.17. The molecule has 0 saturated carbocycles. The third kappa shape index (κ3) is 4.63. The summed E-state index contributed by atoms with van der Waals surface area (Å²) < 4.78 is 4.66. The van der Waals surface area contributed by atoms with E-state index in [2.05, 4.69) is 39.2 Å². The molecule has 2 aromatic rings. The van der Waals surface area contributed by atoms with Gasteiger partial charge in [0.05, 0.1) is 12.7 Å². The van der Waals surface area contributed by atoms with E-state index in [9.17, 15) is 9.59 Å². The van der Waals surface area contributed by atoms with Crippen LogP contribution in [0, 0.1) is 0 Å². The fourth-order valence-corrected chi connectivity index (χ4v) is 3.14. The van der Waals surface area contributed by atoms with Gasteiger partial charge in [-0.05, 0) is 61.2 Å². The summed E-state index contributed by atoms with van der Waals surface area (Å²) in [5.74, 6) is -0.431. The van der Waals surface area contributed by atoms with Gasteiger partial charge in [-0.25, -0.2) is 4.79 Å². The van der Waals surface area contributed by atoms with E-state index in [4.69, 9.17) is 0 Å². The molecule has 1 saturated heterocycles. The molecule has 0 radical (unpaired) electrons. The molecule has 1 aliphatic heterocycles. The highest BCUT2D eigenvalue weighted by Gasteiger charge is 2.12. The number of anilines is 2. The fraction of sp³-hybridized carbons (Fsp3) is 0.333. The molecule has 0 aliphatic carbocycles. The zero-order valence-electron chi connectivity index (χ0n) is 15.0. The number of nitrogens with zero attached hydrogens (tertiary/aromatic N) is 1. The smallest absolute Gasteiger partial charge is 0.337 e. The highest BCUT2D eigenvalue weighted by atomic mass is 16.5. The summed E-state index contributed by atoms with van der Waals surface area (Å²) in [6, 6.07) is 15.2. The number of rotatable bonds is 6. The van der Waals surface area contributed by atoms with Crippen LogP contribution in [0.4, 0.5) is 11.4 Å². The van der Waals surface area contributed by atoms with Crippen LogP contribution in [0.25, 0.3) is 0 Å². The summed E-state index contributed by atoms with van der Waals surface area (Å²) in [5, 5.41) is 2.85. The maximum atomic E-state index is 12.1. The standard InChI is InChI=1S/C21H24N2O3/c1-26-21(25)17-7-9-18(10-8-17)22-20(24)13-6-16-4-11-19(12-5-16)23-14-2-3-15-23/h4-5,7-12H,2-3,6,13-15H2,1H3,(H,22,24). The lowest BCUT2D eigenvalue weighted by Crippen LogP contribution is -2.17. The van der Waals surface area contributed by atoms with E-state index >= 15 is 0 Å². The van der Waals surface area contributed by atoms with Crippen LogP contribution in [0.15, 0.2) is 48.5 Å². The molecule has 5 nitrogen and oxygen atoms in total. The lowest BCUT2D eigenvalue weighted by atomic mass is 10.1. The Morgan fingerprint density at radius 1 is 1.00 bits per heavy atom. The predicted molar refractivity (Wildman–Crippen MR) is 103 cm³/mol. The molecule has 5 heteroatoms. The molecule has 136 valence electrons. The molecule has 1 fully saturated rings. The Kier molecular flexibility index (Phi) is 5.89. The minimum atomic E-state index is -0.389. The molecule has 2 aromatic carbocycles. The van der Waals surface area contributed by atoms with Gasteiger partial charge < -0.3 is 15.0 Å². The van der Waals surface area contributed by atoms with Crippen molar-refractivity contribution in [2.45, 2.75) is 25.7 Å². The number of esters is 1. The monoisotopic (exact) mass is 352 g/mol. The summed E-state index contributed by atoms with van der Waals surface area (Å²) in [4.78, 5) is 25.9. The average Bonchev–Trinajstić information content (AvgIpc) is 3.21. The van der Waals surface area contributed by atoms with Crippen LogP contribution in [0.2, 0.25) is 0 Å². The van der Waals surface area contributed by atoms with Gasteiger partial charge in [-0.1, -0.05) is 12.1 Å². The second-order valence-corrected chi connectivity index (χ2v) is 6.48. The first kappa shape index (κ1) is 18.0. The fourth-order valence-electron chi connectivity index (χ4n) is 3.14. The second-order valence-electron chi connectivity index (χ2n) is 6.48. The zero-order valence-corrected chi connectivity index (χ0v) is 15.0. The Balaban J connectivity index is 1.48. The van der Waals surface area contributed by atoms with Crippen LogP contribution in [0.3, 0.4) is 0 Å². The predicted octanol–water partition coefficient (Wildman–Crippen LogP) is 3.64. The molecule has 0 unspecified atom stereocenters. The number of hydrogen-bond donors (Lipinski definition) is 1. The van der Waals surface area contributed by atoms with Gasteiger partial charge in [-0.3, -0.25) is 4.79 Å². The number of amides is 1. The number of ether oxygens (including phenoxy) is 1. The molecule has 3 rings (SSSR count). The Hall–Kier alpha value is -2.82. The van der Waals surface area contributed by atoms with E-state index in [1.165, 1.54) is 25.6 Å². The van der Waals surface area contributed by atoms with Gasteiger partial charge >= 0.3 is 5.97 Å². The van der Waals surface area contributed by atoms with E-state index in [0.717, 1.165) is 18.7 Å². The van der Waals surface area contributed by atoms with Crippen molar-refractivity contribution in [2.24, 2.45) is 0 Å². The summed E-state index contributed by atoms with van der Waals surface area (Å²) >= 11 is 0. The highest BCUT2D eigenvalue weighted by molar-refractivity contribution is 5.93. The molecule has 26 heavy (non-hydrogen) atoms. The largest absolute Gasteiger partial charge is 0.465 e. The lowest BCUT2D eigenvalue weighted by molar-refractivity contribution is -0.116. The molecule has 0 aromatic heterocycles. The van der Waals surface area contributed by atoms with Crippen molar-refractivity contribution in [1.29, 1.82) is 0 Å². The van der Waals surface area contributed by atoms with Crippen LogP contribution in [-0.2, 0) is 16.0 Å². The van der Waals surface area contributed by atoms with Crippen molar-refractivity contribution in [3.05, 3.63) is 59.7 Å². The zero-order chi connectivity index (χ0) is 18.4.